The molecule has 1 saturated carbocycles. The molecule has 2 rings (SSSR count). The van der Waals surface area contributed by atoms with Crippen LogP contribution < -0.4 is 0 Å². The first-order chi connectivity index (χ1) is 9.16. The number of hydrogen-bond acceptors (Lipinski definition) is 4. The molecule has 2 fully saturated rings. The van der Waals surface area contributed by atoms with Gasteiger partial charge in [-0.3, -0.25) is 4.79 Å². The first-order valence-corrected chi connectivity index (χ1v) is 6.98. The molecule has 1 aliphatic heterocycles. The Balaban J connectivity index is 1.94. The molecule has 1 aliphatic carbocycles. The zero-order valence-electron chi connectivity index (χ0n) is 12.3. The molecule has 0 radical (unpaired) electrons. The number of carbonyl (C=O) groups excluding carboxylic acids is 1. The summed E-state index contributed by atoms with van der Waals surface area (Å²) in [6.45, 7) is 6.11. The number of carboxylic acids is 1. The summed E-state index contributed by atoms with van der Waals surface area (Å²) in [7, 11) is 0. The van der Waals surface area contributed by atoms with E-state index >= 15 is 0 Å². The number of amides is 1. The first-order valence-electron chi connectivity index (χ1n) is 6.98. The first kappa shape index (κ1) is 15.1. The van der Waals surface area contributed by atoms with Crippen LogP contribution in [0.5, 0.6) is 0 Å². The second-order valence-electron chi connectivity index (χ2n) is 6.97. The van der Waals surface area contributed by atoms with Crippen molar-refractivity contribution in [2.45, 2.75) is 45.6 Å². The summed E-state index contributed by atoms with van der Waals surface area (Å²) in [6.07, 6.45) is 1.38. The van der Waals surface area contributed by atoms with Crippen LogP contribution >= 0.6 is 0 Å². The van der Waals surface area contributed by atoms with Gasteiger partial charge in [-0.15, -0.1) is 0 Å². The number of ether oxygens (including phenoxy) is 1. The van der Waals surface area contributed by atoms with Crippen LogP contribution in [0.3, 0.4) is 0 Å². The van der Waals surface area contributed by atoms with Crippen LogP contribution in [-0.2, 0) is 9.53 Å². The van der Waals surface area contributed by atoms with Crippen LogP contribution in [0, 0.1) is 10.8 Å². The van der Waals surface area contributed by atoms with Gasteiger partial charge in [-0.05, 0) is 45.4 Å². The summed E-state index contributed by atoms with van der Waals surface area (Å²) in [5, 5.41) is 18.7. The van der Waals surface area contributed by atoms with Crippen molar-refractivity contribution >= 4 is 12.1 Å². The molecule has 0 bridgehead atoms. The summed E-state index contributed by atoms with van der Waals surface area (Å²) in [5.74, 6) is -0.925. The standard InChI is InChI=1S/C14H23NO5/c1-12(2,3)20-11(19)15-6-4-13(5-7-15)8-14(13,9-16)10(17)18/h16H,4-9H2,1-3H3,(H,17,18). The number of rotatable bonds is 2. The molecule has 1 atom stereocenters. The van der Waals surface area contributed by atoms with E-state index in [1.165, 1.54) is 0 Å². The highest BCUT2D eigenvalue weighted by Gasteiger charge is 2.71. The van der Waals surface area contributed by atoms with Crippen LogP contribution in [0.1, 0.15) is 40.0 Å². The molecule has 114 valence electrons. The molecule has 1 unspecified atom stereocenters. The minimum Gasteiger partial charge on any atom is -0.481 e. The van der Waals surface area contributed by atoms with E-state index in [-0.39, 0.29) is 18.1 Å². The Kier molecular flexibility index (Phi) is 3.48. The van der Waals surface area contributed by atoms with Crippen molar-refractivity contribution in [2.75, 3.05) is 19.7 Å². The monoisotopic (exact) mass is 285 g/mol. The normalized spacial score (nSPS) is 28.3. The molecule has 0 aromatic carbocycles. The molecule has 20 heavy (non-hydrogen) atoms. The maximum absolute atomic E-state index is 11.9. The van der Waals surface area contributed by atoms with E-state index in [2.05, 4.69) is 0 Å². The molecule has 0 aromatic rings. The van der Waals surface area contributed by atoms with E-state index in [9.17, 15) is 19.8 Å². The number of nitrogens with zero attached hydrogens (tertiary/aromatic N) is 1. The highest BCUT2D eigenvalue weighted by molar-refractivity contribution is 5.80. The lowest BCUT2D eigenvalue weighted by molar-refractivity contribution is -0.147. The number of piperidine rings is 1. The summed E-state index contributed by atoms with van der Waals surface area (Å²) < 4.78 is 5.31. The molecule has 1 heterocycles. The van der Waals surface area contributed by atoms with Crippen LogP contribution in [0.25, 0.3) is 0 Å². The minimum absolute atomic E-state index is 0.325. The SMILES string of the molecule is CC(C)(C)OC(=O)N1CCC2(CC1)CC2(CO)C(=O)O. The Hall–Kier alpha value is -1.30. The van der Waals surface area contributed by atoms with Crippen LogP contribution in [0.4, 0.5) is 4.79 Å². The highest BCUT2D eigenvalue weighted by atomic mass is 16.6. The van der Waals surface area contributed by atoms with Crippen molar-refractivity contribution in [2.24, 2.45) is 10.8 Å². The van der Waals surface area contributed by atoms with E-state index in [4.69, 9.17) is 4.74 Å². The van der Waals surface area contributed by atoms with E-state index in [1.807, 2.05) is 20.8 Å². The van der Waals surface area contributed by atoms with E-state index in [1.54, 1.807) is 4.90 Å². The molecule has 2 aliphatic rings. The molecular weight excluding hydrogens is 262 g/mol. The zero-order valence-corrected chi connectivity index (χ0v) is 12.3. The maximum atomic E-state index is 11.9. The van der Waals surface area contributed by atoms with Gasteiger partial charge in [0.1, 0.15) is 5.60 Å². The number of likely N-dealkylation sites (tertiary alicyclic amines) is 1. The maximum Gasteiger partial charge on any atom is 0.410 e. The summed E-state index contributed by atoms with van der Waals surface area (Å²) >= 11 is 0. The number of aliphatic hydroxyl groups excluding tert-OH is 1. The van der Waals surface area contributed by atoms with Gasteiger partial charge in [0.15, 0.2) is 0 Å². The fraction of sp³-hybridized carbons (Fsp3) is 0.857. The van der Waals surface area contributed by atoms with Gasteiger partial charge in [0.25, 0.3) is 0 Å². The smallest absolute Gasteiger partial charge is 0.410 e. The van der Waals surface area contributed by atoms with Crippen molar-refractivity contribution in [1.29, 1.82) is 0 Å². The van der Waals surface area contributed by atoms with Gasteiger partial charge in [-0.1, -0.05) is 0 Å². The second kappa shape index (κ2) is 4.62. The van der Waals surface area contributed by atoms with Crippen LogP contribution in [0.15, 0.2) is 0 Å². The quantitative estimate of drug-likeness (QED) is 0.802. The molecule has 6 heteroatoms. The predicted molar refractivity (Wildman–Crippen MR) is 71.2 cm³/mol. The van der Waals surface area contributed by atoms with E-state index < -0.39 is 17.0 Å². The predicted octanol–water partition coefficient (Wildman–Crippen LogP) is 1.47. The highest BCUT2D eigenvalue weighted by Crippen LogP contribution is 2.68. The molecular formula is C14H23NO5. The minimum atomic E-state index is -0.993. The Labute approximate surface area is 118 Å². The number of aliphatic carboxylic acids is 1. The third kappa shape index (κ3) is 2.37. The second-order valence-corrected chi connectivity index (χ2v) is 6.97. The fourth-order valence-electron chi connectivity index (χ4n) is 3.23. The summed E-state index contributed by atoms with van der Waals surface area (Å²) in [4.78, 5) is 24.9. The molecule has 1 spiro atoms. The number of carboxylic acid groups (broad SMARTS) is 1. The number of hydrogen-bond donors (Lipinski definition) is 2. The van der Waals surface area contributed by atoms with Crippen LogP contribution in [-0.4, -0.2) is 52.5 Å². The average molecular weight is 285 g/mol. The number of carbonyl (C=O) groups is 2. The third-order valence-electron chi connectivity index (χ3n) is 4.58. The lowest BCUT2D eigenvalue weighted by atomic mass is 9.84. The Morgan fingerprint density at radius 2 is 1.80 bits per heavy atom. The van der Waals surface area contributed by atoms with Gasteiger partial charge >= 0.3 is 12.1 Å². The Morgan fingerprint density at radius 3 is 2.15 bits per heavy atom. The zero-order chi connectivity index (χ0) is 15.2. The molecule has 0 aromatic heterocycles. The van der Waals surface area contributed by atoms with Crippen molar-refractivity contribution < 1.29 is 24.5 Å². The van der Waals surface area contributed by atoms with Gasteiger partial charge in [0.05, 0.1) is 12.0 Å². The summed E-state index contributed by atoms with van der Waals surface area (Å²) in [5.41, 5.74) is -1.86. The number of aliphatic hydroxyl groups is 1. The lowest BCUT2D eigenvalue weighted by Gasteiger charge is -2.35. The third-order valence-corrected chi connectivity index (χ3v) is 4.58. The van der Waals surface area contributed by atoms with Crippen LogP contribution in [0.2, 0.25) is 0 Å². The van der Waals surface area contributed by atoms with Crippen molar-refractivity contribution in [1.82, 2.24) is 4.90 Å². The fourth-order valence-corrected chi connectivity index (χ4v) is 3.23. The molecule has 1 amide bonds. The van der Waals surface area contributed by atoms with Gasteiger partial charge in [-0.2, -0.15) is 0 Å². The van der Waals surface area contributed by atoms with Crippen molar-refractivity contribution in [3.63, 3.8) is 0 Å². The van der Waals surface area contributed by atoms with Gasteiger partial charge in [0.2, 0.25) is 0 Å². The van der Waals surface area contributed by atoms with Gasteiger partial charge in [0, 0.05) is 13.1 Å². The molecule has 1 saturated heterocycles. The largest absolute Gasteiger partial charge is 0.481 e. The molecule has 2 N–H and O–H groups in total. The Bertz CT molecular complexity index is 420. The van der Waals surface area contributed by atoms with Crippen molar-refractivity contribution in [3.05, 3.63) is 0 Å². The van der Waals surface area contributed by atoms with Gasteiger partial charge in [-0.25, -0.2) is 4.79 Å². The van der Waals surface area contributed by atoms with E-state index in [0.717, 1.165) is 0 Å². The average Bonchev–Trinajstić information content (AvgIpc) is 2.97. The van der Waals surface area contributed by atoms with E-state index in [0.29, 0.717) is 32.4 Å². The van der Waals surface area contributed by atoms with Crippen molar-refractivity contribution in [3.8, 4) is 0 Å². The summed E-state index contributed by atoms with van der Waals surface area (Å²) in [6, 6.07) is 0. The lowest BCUT2D eigenvalue weighted by Crippen LogP contribution is -2.44. The Morgan fingerprint density at radius 1 is 1.25 bits per heavy atom. The topological polar surface area (TPSA) is 87.1 Å². The van der Waals surface area contributed by atoms with Gasteiger partial charge < -0.3 is 19.8 Å². The molecule has 6 nitrogen and oxygen atoms in total.